The molecule has 2 atom stereocenters. The van der Waals surface area contributed by atoms with Crippen molar-refractivity contribution in [1.82, 2.24) is 0 Å². The van der Waals surface area contributed by atoms with E-state index in [-0.39, 0.29) is 0 Å². The molecule has 9 heavy (non-hydrogen) atoms. The molecule has 0 N–H and O–H groups in total. The van der Waals surface area contributed by atoms with Gasteiger partial charge in [0.15, 0.2) is 0 Å². The van der Waals surface area contributed by atoms with Gasteiger partial charge < -0.3 is 0 Å². The first kappa shape index (κ1) is 6.60. The van der Waals surface area contributed by atoms with Crippen LogP contribution in [0.1, 0.15) is 20.3 Å². The van der Waals surface area contributed by atoms with Crippen molar-refractivity contribution in [2.45, 2.75) is 20.3 Å². The molecule has 0 nitrogen and oxygen atoms in total. The van der Waals surface area contributed by atoms with Gasteiger partial charge in [0.25, 0.3) is 0 Å². The Balaban J connectivity index is 2.69. The van der Waals surface area contributed by atoms with Gasteiger partial charge in [0, 0.05) is 0 Å². The van der Waals surface area contributed by atoms with Crippen molar-refractivity contribution in [2.75, 3.05) is 0 Å². The Morgan fingerprint density at radius 1 is 1.56 bits per heavy atom. The van der Waals surface area contributed by atoms with Gasteiger partial charge in [0.05, 0.1) is 0 Å². The molecule has 1 rings (SSSR count). The van der Waals surface area contributed by atoms with Crippen LogP contribution in [0.25, 0.3) is 0 Å². The van der Waals surface area contributed by atoms with Crippen molar-refractivity contribution in [3.63, 3.8) is 0 Å². The van der Waals surface area contributed by atoms with Crippen LogP contribution in [-0.4, -0.2) is 0 Å². The van der Waals surface area contributed by atoms with E-state index in [0.29, 0.717) is 11.8 Å². The fraction of sp³-hybridized carbons (Fsp3) is 0.556. The molecular formula is C9H14. The third-order valence-corrected chi connectivity index (χ3v) is 2.13. The first-order valence-corrected chi connectivity index (χ1v) is 3.57. The number of allylic oxidation sites excluding steroid dienone is 3. The van der Waals surface area contributed by atoms with Crippen molar-refractivity contribution in [3.8, 4) is 0 Å². The van der Waals surface area contributed by atoms with Gasteiger partial charge in [-0.25, -0.2) is 0 Å². The van der Waals surface area contributed by atoms with E-state index in [0.717, 1.165) is 0 Å². The highest BCUT2D eigenvalue weighted by molar-refractivity contribution is 5.16. The Morgan fingerprint density at radius 3 is 2.67 bits per heavy atom. The molecule has 0 amide bonds. The van der Waals surface area contributed by atoms with Gasteiger partial charge in [0.1, 0.15) is 0 Å². The van der Waals surface area contributed by atoms with Gasteiger partial charge in [-0.15, -0.1) is 0 Å². The highest BCUT2D eigenvalue weighted by Crippen LogP contribution is 2.26. The summed E-state index contributed by atoms with van der Waals surface area (Å²) >= 11 is 0. The fourth-order valence-corrected chi connectivity index (χ4v) is 1.21. The molecule has 50 valence electrons. The minimum absolute atomic E-state index is 0.605. The molecular weight excluding hydrogens is 108 g/mol. The number of hydrogen-bond donors (Lipinski definition) is 0. The van der Waals surface area contributed by atoms with Crippen LogP contribution in [0.5, 0.6) is 0 Å². The second-order valence-corrected chi connectivity index (χ2v) is 2.93. The number of hydrogen-bond acceptors (Lipinski definition) is 0. The molecule has 0 aromatic carbocycles. The minimum atomic E-state index is 0.605. The van der Waals surface area contributed by atoms with E-state index in [1.807, 2.05) is 0 Å². The van der Waals surface area contributed by atoms with Gasteiger partial charge >= 0.3 is 0 Å². The average Bonchev–Trinajstić information content (AvgIpc) is 1.83. The third kappa shape index (κ3) is 1.24. The topological polar surface area (TPSA) is 0 Å². The molecule has 0 spiro atoms. The third-order valence-electron chi connectivity index (χ3n) is 2.13. The maximum Gasteiger partial charge on any atom is -0.00516 e. The van der Waals surface area contributed by atoms with E-state index in [2.05, 4.69) is 32.6 Å². The summed E-state index contributed by atoms with van der Waals surface area (Å²) < 4.78 is 0. The molecule has 0 aromatic rings. The molecule has 0 fully saturated rings. The van der Waals surface area contributed by atoms with Crippen molar-refractivity contribution < 1.29 is 0 Å². The van der Waals surface area contributed by atoms with Crippen LogP contribution in [0.3, 0.4) is 0 Å². The van der Waals surface area contributed by atoms with Gasteiger partial charge in [-0.3, -0.25) is 0 Å². The molecule has 0 heteroatoms. The second-order valence-electron chi connectivity index (χ2n) is 2.93. The SMILES string of the molecule is C=C1C(C)C=CCC1C. The van der Waals surface area contributed by atoms with Crippen LogP contribution < -0.4 is 0 Å². The molecule has 0 aliphatic heterocycles. The Hall–Kier alpha value is -0.520. The zero-order valence-corrected chi connectivity index (χ0v) is 6.22. The van der Waals surface area contributed by atoms with E-state index in [1.165, 1.54) is 12.0 Å². The summed E-state index contributed by atoms with van der Waals surface area (Å²) in [7, 11) is 0. The van der Waals surface area contributed by atoms with Gasteiger partial charge in [-0.1, -0.05) is 38.2 Å². The monoisotopic (exact) mass is 122 g/mol. The van der Waals surface area contributed by atoms with E-state index < -0.39 is 0 Å². The lowest BCUT2D eigenvalue weighted by molar-refractivity contribution is 0.595. The van der Waals surface area contributed by atoms with Crippen molar-refractivity contribution in [3.05, 3.63) is 24.3 Å². The summed E-state index contributed by atoms with van der Waals surface area (Å²) in [5.74, 6) is 1.30. The normalized spacial score (nSPS) is 35.1. The van der Waals surface area contributed by atoms with Crippen LogP contribution in [0, 0.1) is 11.8 Å². The maximum absolute atomic E-state index is 4.02. The van der Waals surface area contributed by atoms with Crippen LogP contribution in [0.4, 0.5) is 0 Å². The lowest BCUT2D eigenvalue weighted by Gasteiger charge is -2.21. The zero-order valence-electron chi connectivity index (χ0n) is 6.22. The summed E-state index contributed by atoms with van der Waals surface area (Å²) in [5, 5.41) is 0. The van der Waals surface area contributed by atoms with E-state index in [1.54, 1.807) is 0 Å². The van der Waals surface area contributed by atoms with Crippen molar-refractivity contribution >= 4 is 0 Å². The predicted octanol–water partition coefficient (Wildman–Crippen LogP) is 2.77. The molecule has 0 heterocycles. The van der Waals surface area contributed by atoms with Crippen molar-refractivity contribution in [1.29, 1.82) is 0 Å². The summed E-state index contributed by atoms with van der Waals surface area (Å²) in [6.45, 7) is 8.47. The van der Waals surface area contributed by atoms with Gasteiger partial charge in [0.2, 0.25) is 0 Å². The highest BCUT2D eigenvalue weighted by atomic mass is 14.2. The first-order valence-electron chi connectivity index (χ1n) is 3.57. The largest absolute Gasteiger partial charge is 0.0990 e. The van der Waals surface area contributed by atoms with Crippen LogP contribution in [-0.2, 0) is 0 Å². The summed E-state index contributed by atoms with van der Waals surface area (Å²) in [5.41, 5.74) is 1.39. The van der Waals surface area contributed by atoms with Gasteiger partial charge in [-0.2, -0.15) is 0 Å². The Bertz CT molecular complexity index is 142. The van der Waals surface area contributed by atoms with Crippen LogP contribution >= 0.6 is 0 Å². The van der Waals surface area contributed by atoms with E-state index >= 15 is 0 Å². The highest BCUT2D eigenvalue weighted by Gasteiger charge is 2.13. The minimum Gasteiger partial charge on any atom is -0.0990 e. The standard InChI is InChI=1S/C9H14/c1-7-5-4-6-8(2)9(7)3/h4-5,7-8H,3,6H2,1-2H3. The van der Waals surface area contributed by atoms with Gasteiger partial charge in [-0.05, 0) is 18.3 Å². The molecule has 0 aromatic heterocycles. The molecule has 0 saturated carbocycles. The van der Waals surface area contributed by atoms with Crippen LogP contribution in [0.2, 0.25) is 0 Å². The molecule has 1 aliphatic rings. The molecule has 0 bridgehead atoms. The predicted molar refractivity (Wildman–Crippen MR) is 41.2 cm³/mol. The first-order chi connectivity index (χ1) is 4.22. The molecule has 0 radical (unpaired) electrons. The van der Waals surface area contributed by atoms with Crippen LogP contribution in [0.15, 0.2) is 24.3 Å². The second kappa shape index (κ2) is 2.38. The summed E-state index contributed by atoms with van der Waals surface area (Å²) in [6.07, 6.45) is 5.68. The lowest BCUT2D eigenvalue weighted by atomic mass is 9.85. The fourth-order valence-electron chi connectivity index (χ4n) is 1.21. The summed E-state index contributed by atoms with van der Waals surface area (Å²) in [4.78, 5) is 0. The quantitative estimate of drug-likeness (QED) is 0.433. The molecule has 2 unspecified atom stereocenters. The van der Waals surface area contributed by atoms with E-state index in [9.17, 15) is 0 Å². The Kier molecular flexibility index (Phi) is 1.75. The lowest BCUT2D eigenvalue weighted by Crippen LogP contribution is -2.08. The average molecular weight is 122 g/mol. The number of rotatable bonds is 0. The van der Waals surface area contributed by atoms with E-state index in [4.69, 9.17) is 0 Å². The zero-order chi connectivity index (χ0) is 6.85. The summed E-state index contributed by atoms with van der Waals surface area (Å²) in [6, 6.07) is 0. The molecule has 0 saturated heterocycles. The molecule has 1 aliphatic carbocycles. The van der Waals surface area contributed by atoms with Crippen molar-refractivity contribution in [2.24, 2.45) is 11.8 Å². The smallest absolute Gasteiger partial charge is 0.00516 e. The Labute approximate surface area is 57.3 Å². The Morgan fingerprint density at radius 2 is 2.22 bits per heavy atom. The maximum atomic E-state index is 4.02.